The van der Waals surface area contributed by atoms with Crippen molar-refractivity contribution in [2.24, 2.45) is 23.7 Å². The van der Waals surface area contributed by atoms with E-state index < -0.39 is 0 Å². The molecule has 92 valence electrons. The van der Waals surface area contributed by atoms with Crippen molar-refractivity contribution in [3.8, 4) is 0 Å². The molecule has 6 atom stereocenters. The third kappa shape index (κ3) is 2.61. The van der Waals surface area contributed by atoms with Crippen molar-refractivity contribution < 1.29 is 4.74 Å². The van der Waals surface area contributed by atoms with Gasteiger partial charge in [-0.3, -0.25) is 0 Å². The summed E-state index contributed by atoms with van der Waals surface area (Å²) in [6.07, 6.45) is 11.6. The highest BCUT2D eigenvalue weighted by Crippen LogP contribution is 2.51. The largest absolute Gasteiger partial charge is 0.370 e. The molecule has 6 unspecified atom stereocenters. The summed E-state index contributed by atoms with van der Waals surface area (Å²) in [5, 5.41) is 0. The summed E-state index contributed by atoms with van der Waals surface area (Å²) < 4.78 is 5.35. The molecule has 0 aromatic heterocycles. The van der Waals surface area contributed by atoms with Crippen LogP contribution in [0.1, 0.15) is 58.8 Å². The molecule has 1 heteroatoms. The van der Waals surface area contributed by atoms with Crippen molar-refractivity contribution in [2.45, 2.75) is 71.0 Å². The van der Waals surface area contributed by atoms with Gasteiger partial charge >= 0.3 is 0 Å². The van der Waals surface area contributed by atoms with E-state index in [9.17, 15) is 0 Å². The predicted molar refractivity (Wildman–Crippen MR) is 66.3 cm³/mol. The van der Waals surface area contributed by atoms with Crippen LogP contribution >= 0.6 is 0 Å². The Morgan fingerprint density at radius 1 is 0.688 bits per heavy atom. The third-order valence-electron chi connectivity index (χ3n) is 5.07. The normalized spacial score (nSPS) is 52.9. The van der Waals surface area contributed by atoms with Crippen LogP contribution < -0.4 is 0 Å². The van der Waals surface area contributed by atoms with Crippen LogP contribution in [0.25, 0.3) is 0 Å². The molecule has 3 aliphatic carbocycles. The minimum atomic E-state index is 0.679. The van der Waals surface area contributed by atoms with Crippen molar-refractivity contribution in [2.75, 3.05) is 0 Å². The summed E-state index contributed by atoms with van der Waals surface area (Å²) in [6.45, 7) is 4.71. The molecule has 1 aliphatic heterocycles. The van der Waals surface area contributed by atoms with Crippen molar-refractivity contribution in [3.63, 3.8) is 0 Å². The Kier molecular flexibility index (Phi) is 2.99. The minimum absolute atomic E-state index is 0.679. The zero-order valence-corrected chi connectivity index (χ0v) is 10.8. The maximum absolute atomic E-state index is 5.35. The molecule has 0 bridgehead atoms. The van der Waals surface area contributed by atoms with Crippen LogP contribution in [-0.2, 0) is 4.74 Å². The lowest BCUT2D eigenvalue weighted by Gasteiger charge is -2.15. The number of ether oxygens (including phenoxy) is 1. The van der Waals surface area contributed by atoms with Gasteiger partial charge < -0.3 is 4.74 Å². The molecule has 0 radical (unpaired) electrons. The second-order valence-electron chi connectivity index (χ2n) is 6.81. The van der Waals surface area contributed by atoms with Crippen LogP contribution in [0.4, 0.5) is 0 Å². The Balaban J connectivity index is 0.000000101. The fourth-order valence-corrected chi connectivity index (χ4v) is 3.69. The average Bonchev–Trinajstić information content (AvgIpc) is 3.10. The van der Waals surface area contributed by atoms with E-state index in [1.807, 2.05) is 0 Å². The van der Waals surface area contributed by atoms with E-state index in [1.54, 1.807) is 19.3 Å². The van der Waals surface area contributed by atoms with E-state index in [-0.39, 0.29) is 0 Å². The van der Waals surface area contributed by atoms with E-state index in [2.05, 4.69) is 13.8 Å². The highest BCUT2D eigenvalue weighted by atomic mass is 16.6. The smallest absolute Gasteiger partial charge is 0.0844 e. The van der Waals surface area contributed by atoms with Gasteiger partial charge in [0.1, 0.15) is 0 Å². The molecule has 1 heterocycles. The Morgan fingerprint density at radius 2 is 1.44 bits per heavy atom. The zero-order chi connectivity index (χ0) is 11.1. The molecule has 0 aromatic rings. The number of hydrogen-bond acceptors (Lipinski definition) is 1. The second-order valence-corrected chi connectivity index (χ2v) is 6.81. The Morgan fingerprint density at radius 3 is 2.06 bits per heavy atom. The zero-order valence-electron chi connectivity index (χ0n) is 10.8. The molecule has 1 nitrogen and oxygen atoms in total. The Hall–Kier alpha value is -0.0400. The van der Waals surface area contributed by atoms with E-state index in [0.717, 1.165) is 11.8 Å². The monoisotopic (exact) mass is 222 g/mol. The minimum Gasteiger partial charge on any atom is -0.370 e. The predicted octanol–water partition coefficient (Wildman–Crippen LogP) is 4.02. The highest BCUT2D eigenvalue weighted by molar-refractivity contribution is 4.91. The van der Waals surface area contributed by atoms with Gasteiger partial charge in [0.05, 0.1) is 12.2 Å². The molecule has 4 aliphatic rings. The number of epoxide rings is 1. The van der Waals surface area contributed by atoms with Crippen molar-refractivity contribution >= 4 is 0 Å². The third-order valence-corrected chi connectivity index (χ3v) is 5.07. The average molecular weight is 222 g/mol. The topological polar surface area (TPSA) is 12.5 Å². The molecule has 0 amide bonds. The maximum atomic E-state index is 5.35. The molecule has 4 rings (SSSR count). The van der Waals surface area contributed by atoms with Gasteiger partial charge in [0, 0.05) is 0 Å². The van der Waals surface area contributed by atoms with Crippen LogP contribution in [-0.4, -0.2) is 12.2 Å². The van der Waals surface area contributed by atoms with Crippen molar-refractivity contribution in [3.05, 3.63) is 0 Å². The second kappa shape index (κ2) is 4.33. The van der Waals surface area contributed by atoms with Gasteiger partial charge in [-0.15, -0.1) is 0 Å². The summed E-state index contributed by atoms with van der Waals surface area (Å²) in [6, 6.07) is 0. The molecule has 0 spiro atoms. The molecular formula is C15H26O. The van der Waals surface area contributed by atoms with Gasteiger partial charge in [0.15, 0.2) is 0 Å². The van der Waals surface area contributed by atoms with E-state index in [4.69, 9.17) is 4.74 Å². The molecule has 4 fully saturated rings. The fourth-order valence-electron chi connectivity index (χ4n) is 3.69. The lowest BCUT2D eigenvalue weighted by Crippen LogP contribution is -2.09. The maximum Gasteiger partial charge on any atom is 0.0844 e. The lowest BCUT2D eigenvalue weighted by molar-refractivity contribution is 0.367. The van der Waals surface area contributed by atoms with E-state index >= 15 is 0 Å². The van der Waals surface area contributed by atoms with E-state index in [0.29, 0.717) is 12.2 Å². The SMILES string of the molecule is CC1CCC2CC2C1.CC1CCC2OC2C1. The standard InChI is InChI=1S/C8H14.C7H12O/c1-6-2-3-7-5-8(7)4-6;1-5-2-3-6-7(4-5)8-6/h6-8H,2-5H2,1H3;5-7H,2-4H2,1H3. The Labute approximate surface area is 99.9 Å². The Bertz CT molecular complexity index is 224. The van der Waals surface area contributed by atoms with Crippen LogP contribution in [0.3, 0.4) is 0 Å². The summed E-state index contributed by atoms with van der Waals surface area (Å²) in [7, 11) is 0. The first-order chi connectivity index (χ1) is 7.72. The molecule has 0 N–H and O–H groups in total. The fraction of sp³-hybridized carbons (Fsp3) is 1.00. The summed E-state index contributed by atoms with van der Waals surface area (Å²) >= 11 is 0. The number of fused-ring (bicyclic) bond motifs is 2. The molecule has 1 saturated heterocycles. The van der Waals surface area contributed by atoms with Crippen LogP contribution in [0, 0.1) is 23.7 Å². The first-order valence-corrected chi connectivity index (χ1v) is 7.38. The van der Waals surface area contributed by atoms with Crippen molar-refractivity contribution in [1.82, 2.24) is 0 Å². The van der Waals surface area contributed by atoms with Crippen LogP contribution in [0.2, 0.25) is 0 Å². The van der Waals surface area contributed by atoms with Gasteiger partial charge in [0.2, 0.25) is 0 Å². The van der Waals surface area contributed by atoms with Gasteiger partial charge in [-0.05, 0) is 62.2 Å². The first-order valence-electron chi connectivity index (χ1n) is 7.38. The van der Waals surface area contributed by atoms with E-state index in [1.165, 1.54) is 37.5 Å². The summed E-state index contributed by atoms with van der Waals surface area (Å²) in [4.78, 5) is 0. The van der Waals surface area contributed by atoms with Crippen molar-refractivity contribution in [1.29, 1.82) is 0 Å². The summed E-state index contributed by atoms with van der Waals surface area (Å²) in [5.74, 6) is 4.35. The van der Waals surface area contributed by atoms with Gasteiger partial charge in [-0.2, -0.15) is 0 Å². The highest BCUT2D eigenvalue weighted by Gasteiger charge is 2.42. The quantitative estimate of drug-likeness (QED) is 0.564. The van der Waals surface area contributed by atoms with Gasteiger partial charge in [0.25, 0.3) is 0 Å². The first kappa shape index (κ1) is 11.1. The molecule has 3 saturated carbocycles. The van der Waals surface area contributed by atoms with Crippen LogP contribution in [0.15, 0.2) is 0 Å². The van der Waals surface area contributed by atoms with Gasteiger partial charge in [-0.25, -0.2) is 0 Å². The number of hydrogen-bond donors (Lipinski definition) is 0. The van der Waals surface area contributed by atoms with Gasteiger partial charge in [-0.1, -0.05) is 20.3 Å². The molecule has 16 heavy (non-hydrogen) atoms. The summed E-state index contributed by atoms with van der Waals surface area (Å²) in [5.41, 5.74) is 0. The number of rotatable bonds is 0. The van der Waals surface area contributed by atoms with Crippen LogP contribution in [0.5, 0.6) is 0 Å². The molecular weight excluding hydrogens is 196 g/mol. The lowest BCUT2D eigenvalue weighted by atomic mass is 9.91. The molecule has 0 aromatic carbocycles.